The van der Waals surface area contributed by atoms with Crippen molar-refractivity contribution >= 4 is 17.3 Å². The summed E-state index contributed by atoms with van der Waals surface area (Å²) in [6, 6.07) is 5.74. The monoisotopic (exact) mass is 244 g/mol. The second kappa shape index (κ2) is 4.52. The third kappa shape index (κ3) is 2.20. The minimum atomic E-state index is -0.305. The lowest BCUT2D eigenvalue weighted by molar-refractivity contribution is 0.102. The van der Waals surface area contributed by atoms with Gasteiger partial charge in [-0.25, -0.2) is 0 Å². The van der Waals surface area contributed by atoms with Gasteiger partial charge < -0.3 is 11.1 Å². The predicted molar refractivity (Wildman–Crippen MR) is 71.6 cm³/mol. The first-order valence-corrected chi connectivity index (χ1v) is 5.68. The van der Waals surface area contributed by atoms with Gasteiger partial charge in [-0.3, -0.25) is 9.89 Å². The standard InChI is InChI=1S/C13H16N4O/c1-7-4-5-10(6-8(7)2)15-13(18)12-11(14)9(3)16-17-12/h4-6H,14H2,1-3H3,(H,15,18)(H,16,17). The largest absolute Gasteiger partial charge is 0.395 e. The Hall–Kier alpha value is -2.30. The van der Waals surface area contributed by atoms with Crippen LogP contribution in [0.2, 0.25) is 0 Å². The molecule has 0 fully saturated rings. The summed E-state index contributed by atoms with van der Waals surface area (Å²) in [7, 11) is 0. The number of H-pyrrole nitrogens is 1. The van der Waals surface area contributed by atoms with Gasteiger partial charge in [0.25, 0.3) is 5.91 Å². The van der Waals surface area contributed by atoms with Crippen molar-refractivity contribution in [3.05, 3.63) is 40.7 Å². The Bertz CT molecular complexity index is 601. The summed E-state index contributed by atoms with van der Waals surface area (Å²) in [4.78, 5) is 12.0. The number of carbonyl (C=O) groups is 1. The molecule has 2 rings (SSSR count). The Morgan fingerprint density at radius 3 is 2.56 bits per heavy atom. The van der Waals surface area contributed by atoms with Crippen LogP contribution in [0.4, 0.5) is 11.4 Å². The first kappa shape index (κ1) is 12.2. The molecule has 1 aromatic carbocycles. The van der Waals surface area contributed by atoms with Gasteiger partial charge in [0.1, 0.15) is 0 Å². The highest BCUT2D eigenvalue weighted by Crippen LogP contribution is 2.17. The lowest BCUT2D eigenvalue weighted by Crippen LogP contribution is -2.14. The molecule has 1 heterocycles. The Labute approximate surface area is 105 Å². The Kier molecular flexibility index (Phi) is 3.06. The number of aromatic amines is 1. The second-order valence-corrected chi connectivity index (χ2v) is 4.36. The number of aryl methyl sites for hydroxylation is 3. The number of hydrogen-bond donors (Lipinski definition) is 3. The maximum Gasteiger partial charge on any atom is 0.278 e. The van der Waals surface area contributed by atoms with E-state index in [0.29, 0.717) is 11.4 Å². The van der Waals surface area contributed by atoms with E-state index in [4.69, 9.17) is 5.73 Å². The average Bonchev–Trinajstić information content (AvgIpc) is 2.65. The van der Waals surface area contributed by atoms with Crippen LogP contribution in [0.1, 0.15) is 27.3 Å². The number of nitrogens with two attached hydrogens (primary N) is 1. The fraction of sp³-hybridized carbons (Fsp3) is 0.231. The van der Waals surface area contributed by atoms with E-state index in [2.05, 4.69) is 15.5 Å². The number of carbonyl (C=O) groups excluding carboxylic acids is 1. The van der Waals surface area contributed by atoms with Crippen molar-refractivity contribution in [2.24, 2.45) is 0 Å². The van der Waals surface area contributed by atoms with Crippen molar-refractivity contribution < 1.29 is 4.79 Å². The molecule has 5 nitrogen and oxygen atoms in total. The summed E-state index contributed by atoms with van der Waals surface area (Å²) >= 11 is 0. The SMILES string of the molecule is Cc1ccc(NC(=O)c2n[nH]c(C)c2N)cc1C. The van der Waals surface area contributed by atoms with E-state index in [1.807, 2.05) is 32.0 Å². The van der Waals surface area contributed by atoms with Crippen molar-refractivity contribution in [2.45, 2.75) is 20.8 Å². The summed E-state index contributed by atoms with van der Waals surface area (Å²) in [5.74, 6) is -0.305. The molecule has 1 amide bonds. The van der Waals surface area contributed by atoms with Gasteiger partial charge in [-0.05, 0) is 44.0 Å². The molecule has 4 N–H and O–H groups in total. The zero-order valence-corrected chi connectivity index (χ0v) is 10.7. The minimum Gasteiger partial charge on any atom is -0.395 e. The summed E-state index contributed by atoms with van der Waals surface area (Å²) in [5, 5.41) is 9.36. The summed E-state index contributed by atoms with van der Waals surface area (Å²) in [5.41, 5.74) is 10.1. The van der Waals surface area contributed by atoms with Gasteiger partial charge in [0.2, 0.25) is 0 Å². The van der Waals surface area contributed by atoms with E-state index in [0.717, 1.165) is 11.3 Å². The van der Waals surface area contributed by atoms with E-state index in [1.54, 1.807) is 6.92 Å². The van der Waals surface area contributed by atoms with Crippen molar-refractivity contribution in [3.8, 4) is 0 Å². The maximum absolute atomic E-state index is 12.0. The molecule has 94 valence electrons. The van der Waals surface area contributed by atoms with Crippen molar-refractivity contribution in [3.63, 3.8) is 0 Å². The molecule has 1 aromatic heterocycles. The van der Waals surface area contributed by atoms with Gasteiger partial charge in [0.15, 0.2) is 5.69 Å². The first-order valence-electron chi connectivity index (χ1n) is 5.68. The molecule has 0 saturated heterocycles. The fourth-order valence-electron chi connectivity index (χ4n) is 1.62. The summed E-state index contributed by atoms with van der Waals surface area (Å²) < 4.78 is 0. The summed E-state index contributed by atoms with van der Waals surface area (Å²) in [6.07, 6.45) is 0. The average molecular weight is 244 g/mol. The first-order chi connectivity index (χ1) is 8.49. The normalized spacial score (nSPS) is 10.4. The lowest BCUT2D eigenvalue weighted by atomic mass is 10.1. The van der Waals surface area contributed by atoms with Crippen LogP contribution < -0.4 is 11.1 Å². The smallest absolute Gasteiger partial charge is 0.278 e. The van der Waals surface area contributed by atoms with Crippen molar-refractivity contribution in [1.29, 1.82) is 0 Å². The highest BCUT2D eigenvalue weighted by Gasteiger charge is 2.15. The van der Waals surface area contributed by atoms with Gasteiger partial charge in [-0.2, -0.15) is 5.10 Å². The van der Waals surface area contributed by atoms with Crippen LogP contribution in [0.25, 0.3) is 0 Å². The van der Waals surface area contributed by atoms with Crippen LogP contribution in [0.15, 0.2) is 18.2 Å². The van der Waals surface area contributed by atoms with Crippen LogP contribution >= 0.6 is 0 Å². The summed E-state index contributed by atoms with van der Waals surface area (Å²) in [6.45, 7) is 5.79. The molecule has 2 aromatic rings. The number of nitrogens with one attached hydrogen (secondary N) is 2. The molecule has 0 radical (unpaired) electrons. The molecule has 0 aliphatic carbocycles. The molecule has 0 aliphatic heterocycles. The van der Waals surface area contributed by atoms with Crippen LogP contribution in [0, 0.1) is 20.8 Å². The highest BCUT2D eigenvalue weighted by molar-refractivity contribution is 6.06. The highest BCUT2D eigenvalue weighted by atomic mass is 16.2. The Balaban J connectivity index is 2.21. The Morgan fingerprint density at radius 2 is 2.00 bits per heavy atom. The van der Waals surface area contributed by atoms with E-state index < -0.39 is 0 Å². The fourth-order valence-corrected chi connectivity index (χ4v) is 1.62. The predicted octanol–water partition coefficient (Wildman–Crippen LogP) is 2.17. The Morgan fingerprint density at radius 1 is 1.28 bits per heavy atom. The van der Waals surface area contributed by atoms with E-state index in [9.17, 15) is 4.79 Å². The van der Waals surface area contributed by atoms with Crippen LogP contribution in [0.3, 0.4) is 0 Å². The molecule has 5 heteroatoms. The molecular formula is C13H16N4O. The third-order valence-corrected chi connectivity index (χ3v) is 2.97. The van der Waals surface area contributed by atoms with Gasteiger partial charge in [0.05, 0.1) is 11.4 Å². The van der Waals surface area contributed by atoms with E-state index >= 15 is 0 Å². The molecular weight excluding hydrogens is 228 g/mol. The van der Waals surface area contributed by atoms with Gasteiger partial charge >= 0.3 is 0 Å². The molecule has 0 spiro atoms. The topological polar surface area (TPSA) is 83.8 Å². The number of hydrogen-bond acceptors (Lipinski definition) is 3. The molecule has 0 atom stereocenters. The van der Waals surface area contributed by atoms with E-state index in [1.165, 1.54) is 5.56 Å². The molecule has 0 saturated carbocycles. The van der Waals surface area contributed by atoms with Crippen molar-refractivity contribution in [2.75, 3.05) is 11.1 Å². The molecule has 0 aliphatic rings. The van der Waals surface area contributed by atoms with Crippen LogP contribution in [0.5, 0.6) is 0 Å². The number of rotatable bonds is 2. The van der Waals surface area contributed by atoms with Crippen LogP contribution in [-0.2, 0) is 0 Å². The van der Waals surface area contributed by atoms with Gasteiger partial charge in [-0.1, -0.05) is 6.07 Å². The van der Waals surface area contributed by atoms with E-state index in [-0.39, 0.29) is 11.6 Å². The zero-order valence-electron chi connectivity index (χ0n) is 10.7. The number of nitrogen functional groups attached to an aromatic ring is 1. The van der Waals surface area contributed by atoms with Crippen molar-refractivity contribution in [1.82, 2.24) is 10.2 Å². The van der Waals surface area contributed by atoms with Gasteiger partial charge in [0, 0.05) is 5.69 Å². The third-order valence-electron chi connectivity index (χ3n) is 2.97. The molecule has 18 heavy (non-hydrogen) atoms. The molecule has 0 bridgehead atoms. The second-order valence-electron chi connectivity index (χ2n) is 4.36. The number of amides is 1. The number of aromatic nitrogens is 2. The van der Waals surface area contributed by atoms with Crippen LogP contribution in [-0.4, -0.2) is 16.1 Å². The quantitative estimate of drug-likeness (QED) is 0.757. The lowest BCUT2D eigenvalue weighted by Gasteiger charge is -2.06. The minimum absolute atomic E-state index is 0.228. The number of anilines is 2. The zero-order chi connectivity index (χ0) is 13.3. The maximum atomic E-state index is 12.0. The molecule has 0 unspecified atom stereocenters. The van der Waals surface area contributed by atoms with Gasteiger partial charge in [-0.15, -0.1) is 0 Å². The number of nitrogens with zero attached hydrogens (tertiary/aromatic N) is 1. The number of benzene rings is 1.